The molecule has 0 amide bonds. The summed E-state index contributed by atoms with van der Waals surface area (Å²) in [5.41, 5.74) is 8.99. The number of nitrogens with one attached hydrogen (secondary N) is 3. The van der Waals surface area contributed by atoms with Crippen molar-refractivity contribution in [1.29, 1.82) is 0 Å². The molecule has 0 aliphatic heterocycles. The fourth-order valence-corrected chi connectivity index (χ4v) is 3.13. The molecule has 1 heterocycles. The topological polar surface area (TPSA) is 103 Å². The van der Waals surface area contributed by atoms with E-state index in [1.807, 2.05) is 61.5 Å². The van der Waals surface area contributed by atoms with Gasteiger partial charge in [-0.2, -0.15) is 4.98 Å². The lowest BCUT2D eigenvalue weighted by Crippen LogP contribution is -2.10. The van der Waals surface area contributed by atoms with Crippen LogP contribution in [0.3, 0.4) is 0 Å². The van der Waals surface area contributed by atoms with Crippen LogP contribution in [0.4, 0.5) is 27.5 Å². The van der Waals surface area contributed by atoms with Gasteiger partial charge in [0.1, 0.15) is 5.82 Å². The van der Waals surface area contributed by atoms with Gasteiger partial charge in [-0.3, -0.25) is 4.99 Å². The summed E-state index contributed by atoms with van der Waals surface area (Å²) in [5.74, 6) is 6.26. The van der Waals surface area contributed by atoms with Crippen molar-refractivity contribution >= 4 is 29.4 Å². The summed E-state index contributed by atoms with van der Waals surface area (Å²) in [5, 5.41) is 9.22. The summed E-state index contributed by atoms with van der Waals surface area (Å²) in [4.78, 5) is 14.8. The number of rotatable bonds is 10. The van der Waals surface area contributed by atoms with Crippen LogP contribution >= 0.6 is 0 Å². The molecule has 38 heavy (non-hydrogen) atoms. The molecule has 3 aromatic rings. The minimum Gasteiger partial charge on any atom is -0.403 e. The number of nitrogens with two attached hydrogens (primary N) is 1. The number of likely N-dealkylation sites (N-methyl/N-ethyl adjacent to an activating group) is 1. The van der Waals surface area contributed by atoms with E-state index >= 15 is 0 Å². The Bertz CT molecular complexity index is 1400. The molecule has 0 aliphatic carbocycles. The molecule has 0 fully saturated rings. The van der Waals surface area contributed by atoms with Gasteiger partial charge in [-0.1, -0.05) is 42.7 Å². The molecule has 9 heteroatoms. The van der Waals surface area contributed by atoms with Crippen LogP contribution in [0.15, 0.2) is 96.0 Å². The van der Waals surface area contributed by atoms with Gasteiger partial charge in [-0.05, 0) is 50.5 Å². The van der Waals surface area contributed by atoms with E-state index in [0.29, 0.717) is 28.5 Å². The zero-order chi connectivity index (χ0) is 27.3. The first kappa shape index (κ1) is 27.6. The van der Waals surface area contributed by atoms with Gasteiger partial charge in [-0.15, -0.1) is 0 Å². The van der Waals surface area contributed by atoms with Crippen LogP contribution in [-0.2, 0) is 0 Å². The summed E-state index contributed by atoms with van der Waals surface area (Å²) in [7, 11) is 5.59. The first-order chi connectivity index (χ1) is 18.4. The Morgan fingerprint density at radius 1 is 1.16 bits per heavy atom. The smallest absolute Gasteiger partial charge is 0.229 e. The van der Waals surface area contributed by atoms with Crippen LogP contribution in [0.2, 0.25) is 0 Å². The molecule has 3 rings (SSSR count). The standard InChI is InChI=1S/C29H31FN8/c1-21(9-8-16-38(3)4)34-24-14-15-26(30)27(17-24)36-28-23(13-12-22-10-6-5-7-11-22)19-33-29(37-28)35-25(18-31)20-32-2/h5-11,14-15,17-20,34H,1,16,31H2,2-4H3,(H2,33,35,36,37)/b9-8+,25-18?,32-20?. The lowest BCUT2D eigenvalue weighted by molar-refractivity contribution is 0.456. The van der Waals surface area contributed by atoms with E-state index < -0.39 is 5.82 Å². The molecule has 194 valence electrons. The van der Waals surface area contributed by atoms with E-state index in [-0.39, 0.29) is 11.6 Å². The molecule has 1 aromatic heterocycles. The van der Waals surface area contributed by atoms with Crippen molar-refractivity contribution in [2.24, 2.45) is 10.7 Å². The van der Waals surface area contributed by atoms with Gasteiger partial charge in [-0.25, -0.2) is 9.37 Å². The average molecular weight is 511 g/mol. The zero-order valence-corrected chi connectivity index (χ0v) is 21.7. The van der Waals surface area contributed by atoms with Crippen molar-refractivity contribution in [2.75, 3.05) is 43.6 Å². The van der Waals surface area contributed by atoms with Crippen LogP contribution in [0.5, 0.6) is 0 Å². The molecule has 0 aliphatic rings. The predicted molar refractivity (Wildman–Crippen MR) is 155 cm³/mol. The van der Waals surface area contributed by atoms with E-state index in [4.69, 9.17) is 5.73 Å². The highest BCUT2D eigenvalue weighted by Gasteiger charge is 2.11. The van der Waals surface area contributed by atoms with Crippen molar-refractivity contribution in [3.63, 3.8) is 0 Å². The van der Waals surface area contributed by atoms with E-state index in [9.17, 15) is 4.39 Å². The van der Waals surface area contributed by atoms with Gasteiger partial charge in [0.05, 0.1) is 23.1 Å². The third kappa shape index (κ3) is 8.62. The van der Waals surface area contributed by atoms with Crippen molar-refractivity contribution < 1.29 is 4.39 Å². The molecule has 0 saturated heterocycles. The van der Waals surface area contributed by atoms with Gasteiger partial charge in [0.25, 0.3) is 0 Å². The minimum atomic E-state index is -0.458. The zero-order valence-electron chi connectivity index (χ0n) is 21.7. The van der Waals surface area contributed by atoms with Gasteiger partial charge in [0, 0.05) is 43.0 Å². The summed E-state index contributed by atoms with van der Waals surface area (Å²) in [6.45, 7) is 4.79. The molecule has 0 saturated carbocycles. The summed E-state index contributed by atoms with van der Waals surface area (Å²) < 4.78 is 14.9. The first-order valence-corrected chi connectivity index (χ1v) is 11.8. The molecule has 5 N–H and O–H groups in total. The highest BCUT2D eigenvalue weighted by atomic mass is 19.1. The Labute approximate surface area is 222 Å². The summed E-state index contributed by atoms with van der Waals surface area (Å²) in [6.07, 6.45) is 8.30. The van der Waals surface area contributed by atoms with Crippen molar-refractivity contribution in [1.82, 2.24) is 14.9 Å². The van der Waals surface area contributed by atoms with Crippen LogP contribution < -0.4 is 21.7 Å². The van der Waals surface area contributed by atoms with Crippen LogP contribution in [0.1, 0.15) is 11.1 Å². The monoisotopic (exact) mass is 510 g/mol. The van der Waals surface area contributed by atoms with E-state index in [1.165, 1.54) is 18.5 Å². The second-order valence-electron chi connectivity index (χ2n) is 8.34. The third-order valence-electron chi connectivity index (χ3n) is 4.92. The van der Waals surface area contributed by atoms with Crippen molar-refractivity contribution in [3.05, 3.63) is 108 Å². The maximum atomic E-state index is 14.9. The van der Waals surface area contributed by atoms with E-state index in [0.717, 1.165) is 12.1 Å². The highest BCUT2D eigenvalue weighted by Crippen LogP contribution is 2.26. The number of aliphatic imine (C=N–C) groups is 1. The number of hydrogen-bond donors (Lipinski definition) is 4. The number of hydrogen-bond acceptors (Lipinski definition) is 8. The lowest BCUT2D eigenvalue weighted by atomic mass is 10.2. The fourth-order valence-electron chi connectivity index (χ4n) is 3.13. The maximum absolute atomic E-state index is 14.9. The molecule has 2 aromatic carbocycles. The van der Waals surface area contributed by atoms with Gasteiger partial charge in [0.2, 0.25) is 5.95 Å². The highest BCUT2D eigenvalue weighted by molar-refractivity contribution is 5.82. The largest absolute Gasteiger partial charge is 0.403 e. The van der Waals surface area contributed by atoms with E-state index in [2.05, 4.69) is 49.3 Å². The predicted octanol–water partition coefficient (Wildman–Crippen LogP) is 4.72. The lowest BCUT2D eigenvalue weighted by Gasteiger charge is -2.13. The minimum absolute atomic E-state index is 0.206. The van der Waals surface area contributed by atoms with Gasteiger partial charge < -0.3 is 26.6 Å². The number of allylic oxidation sites excluding steroid dienone is 2. The SMILES string of the molecule is C=C(/C=C/CN(C)C)Nc1ccc(F)c(Nc2nc(NC(C=NC)=CN)ncc2C#Cc2ccccc2)c1. The van der Waals surface area contributed by atoms with Crippen LogP contribution in [0, 0.1) is 17.7 Å². The second kappa shape index (κ2) is 14.0. The molecule has 0 radical (unpaired) electrons. The Hall–Kier alpha value is -4.94. The van der Waals surface area contributed by atoms with Gasteiger partial charge in [0.15, 0.2) is 5.82 Å². The number of benzene rings is 2. The van der Waals surface area contributed by atoms with E-state index in [1.54, 1.807) is 25.4 Å². The fraction of sp³-hybridized carbons (Fsp3) is 0.138. The van der Waals surface area contributed by atoms with Crippen molar-refractivity contribution in [3.8, 4) is 11.8 Å². The Morgan fingerprint density at radius 2 is 1.95 bits per heavy atom. The second-order valence-corrected chi connectivity index (χ2v) is 8.34. The third-order valence-corrected chi connectivity index (χ3v) is 4.92. The molecule has 0 unspecified atom stereocenters. The number of nitrogens with zero attached hydrogens (tertiary/aromatic N) is 4. The summed E-state index contributed by atoms with van der Waals surface area (Å²) >= 11 is 0. The number of anilines is 4. The summed E-state index contributed by atoms with van der Waals surface area (Å²) in [6, 6.07) is 14.2. The average Bonchev–Trinajstić information content (AvgIpc) is 2.90. The molecule has 0 bridgehead atoms. The molecule has 0 spiro atoms. The molecule has 0 atom stereocenters. The normalized spacial score (nSPS) is 11.4. The molecular formula is C29H31FN8. The maximum Gasteiger partial charge on any atom is 0.229 e. The quantitative estimate of drug-likeness (QED) is 0.178. The Kier molecular flexibility index (Phi) is 10.2. The Morgan fingerprint density at radius 3 is 2.66 bits per heavy atom. The first-order valence-electron chi connectivity index (χ1n) is 11.8. The van der Waals surface area contributed by atoms with Crippen LogP contribution in [-0.4, -0.2) is 48.8 Å². The van der Waals surface area contributed by atoms with Crippen molar-refractivity contribution in [2.45, 2.75) is 0 Å². The van der Waals surface area contributed by atoms with Gasteiger partial charge >= 0.3 is 0 Å². The molecular weight excluding hydrogens is 479 g/mol. The number of halogens is 1. The number of aromatic nitrogens is 2. The Balaban J connectivity index is 1.93. The molecule has 8 nitrogen and oxygen atoms in total. The van der Waals surface area contributed by atoms with Crippen LogP contribution in [0.25, 0.3) is 0 Å².